The van der Waals surface area contributed by atoms with Crippen LogP contribution in [0.1, 0.15) is 39.9 Å². The van der Waals surface area contributed by atoms with Crippen molar-refractivity contribution in [2.24, 2.45) is 5.92 Å². The summed E-state index contributed by atoms with van der Waals surface area (Å²) in [4.78, 5) is 17.7. The maximum absolute atomic E-state index is 13.1. The van der Waals surface area contributed by atoms with Gasteiger partial charge in [0.2, 0.25) is 0 Å². The van der Waals surface area contributed by atoms with E-state index >= 15 is 0 Å². The maximum atomic E-state index is 13.1. The van der Waals surface area contributed by atoms with Crippen LogP contribution in [0.4, 0.5) is 0 Å². The molecule has 0 aromatic heterocycles. The molecule has 3 saturated heterocycles. The van der Waals surface area contributed by atoms with Crippen LogP contribution in [0.5, 0.6) is 0 Å². The van der Waals surface area contributed by atoms with E-state index in [9.17, 15) is 4.79 Å². The number of fused-ring (bicyclic) bond motifs is 4. The summed E-state index contributed by atoms with van der Waals surface area (Å²) in [7, 11) is 2.18. The third-order valence-electron chi connectivity index (χ3n) is 5.05. The van der Waals surface area contributed by atoms with Gasteiger partial charge in [0.25, 0.3) is 5.91 Å². The topological polar surface area (TPSA) is 23.6 Å². The van der Waals surface area contributed by atoms with Gasteiger partial charge in [-0.25, -0.2) is 0 Å². The number of piperidine rings is 1. The molecule has 4 rings (SSSR count). The average molecular weight is 286 g/mol. The van der Waals surface area contributed by atoms with Crippen LogP contribution < -0.4 is 0 Å². The molecule has 3 aliphatic heterocycles. The molecule has 0 N–H and O–H groups in total. The number of rotatable bonds is 1. The number of carbonyl (C=O) groups excluding carboxylic acids is 1. The highest BCUT2D eigenvalue weighted by Gasteiger charge is 2.37. The molecule has 114 valence electrons. The number of nitrogens with zero attached hydrogens (tertiary/aromatic N) is 2. The Morgan fingerprint density at radius 1 is 1.05 bits per heavy atom. The van der Waals surface area contributed by atoms with Crippen LogP contribution in [0.15, 0.2) is 12.1 Å². The Balaban J connectivity index is 1.92. The molecule has 1 aromatic rings. The van der Waals surface area contributed by atoms with Crippen molar-refractivity contribution < 1.29 is 4.79 Å². The van der Waals surface area contributed by atoms with Gasteiger partial charge in [-0.05, 0) is 57.7 Å². The van der Waals surface area contributed by atoms with Crippen molar-refractivity contribution in [1.82, 2.24) is 9.80 Å². The first-order chi connectivity index (χ1) is 9.95. The van der Waals surface area contributed by atoms with E-state index in [0.29, 0.717) is 12.0 Å². The summed E-state index contributed by atoms with van der Waals surface area (Å²) in [6.45, 7) is 9.31. The highest BCUT2D eigenvalue weighted by molar-refractivity contribution is 5.97. The van der Waals surface area contributed by atoms with Crippen LogP contribution >= 0.6 is 0 Å². The lowest BCUT2D eigenvalue weighted by molar-refractivity contribution is 0.0585. The molecule has 3 fully saturated rings. The summed E-state index contributed by atoms with van der Waals surface area (Å²) >= 11 is 0. The number of benzene rings is 1. The standard InChI is InChI=1S/C18H26N2O/c1-12-7-13(2)17(14(3)8-12)18(21)20-10-15-5-6-16(20)11-19(4)9-15/h7-8,15-16H,5-6,9-11H2,1-4H3/t15-,16+/m0/s1. The number of hydrogen-bond donors (Lipinski definition) is 0. The second kappa shape index (κ2) is 5.45. The Bertz CT molecular complexity index is 543. The lowest BCUT2D eigenvalue weighted by Gasteiger charge is -2.37. The average Bonchev–Trinajstić information content (AvgIpc) is 2.65. The minimum atomic E-state index is 0.245. The van der Waals surface area contributed by atoms with Gasteiger partial charge >= 0.3 is 0 Å². The Kier molecular flexibility index (Phi) is 3.78. The zero-order chi connectivity index (χ0) is 15.1. The number of hydrogen-bond acceptors (Lipinski definition) is 2. The van der Waals surface area contributed by atoms with Gasteiger partial charge in [0, 0.05) is 31.2 Å². The van der Waals surface area contributed by atoms with Crippen molar-refractivity contribution in [3.05, 3.63) is 34.4 Å². The monoisotopic (exact) mass is 286 g/mol. The van der Waals surface area contributed by atoms with Crippen molar-refractivity contribution in [2.45, 2.75) is 39.7 Å². The predicted molar refractivity (Wildman–Crippen MR) is 85.7 cm³/mol. The molecule has 3 aliphatic rings. The highest BCUT2D eigenvalue weighted by atomic mass is 16.2. The normalized spacial score (nSPS) is 26.0. The van der Waals surface area contributed by atoms with E-state index in [1.54, 1.807) is 0 Å². The molecule has 3 heteroatoms. The van der Waals surface area contributed by atoms with Crippen molar-refractivity contribution >= 4 is 5.91 Å². The molecule has 2 atom stereocenters. The quantitative estimate of drug-likeness (QED) is 0.792. The molecule has 21 heavy (non-hydrogen) atoms. The van der Waals surface area contributed by atoms with Gasteiger partial charge in [0.1, 0.15) is 0 Å². The van der Waals surface area contributed by atoms with E-state index < -0.39 is 0 Å². The summed E-state index contributed by atoms with van der Waals surface area (Å²) in [5.41, 5.74) is 4.39. The predicted octanol–water partition coefficient (Wildman–Crippen LogP) is 2.78. The van der Waals surface area contributed by atoms with Gasteiger partial charge in [0.15, 0.2) is 0 Å². The minimum absolute atomic E-state index is 0.245. The second-order valence-corrected chi connectivity index (χ2v) is 7.05. The Morgan fingerprint density at radius 2 is 1.71 bits per heavy atom. The fraction of sp³-hybridized carbons (Fsp3) is 0.611. The minimum Gasteiger partial charge on any atom is -0.334 e. The molecule has 1 aromatic carbocycles. The molecule has 0 spiro atoms. The molecule has 2 bridgehead atoms. The summed E-state index contributed by atoms with van der Waals surface area (Å²) in [5, 5.41) is 0. The third-order valence-corrected chi connectivity index (χ3v) is 5.05. The molecule has 3 nitrogen and oxygen atoms in total. The number of carbonyl (C=O) groups is 1. The first kappa shape index (κ1) is 14.6. The molecule has 1 amide bonds. The number of aryl methyl sites for hydroxylation is 3. The van der Waals surface area contributed by atoms with Crippen LogP contribution in [-0.4, -0.2) is 48.4 Å². The Hall–Kier alpha value is -1.35. The van der Waals surface area contributed by atoms with Gasteiger partial charge in [-0.1, -0.05) is 17.7 Å². The molecule has 0 saturated carbocycles. The molecule has 0 aliphatic carbocycles. The van der Waals surface area contributed by atoms with Crippen molar-refractivity contribution in [3.8, 4) is 0 Å². The molecular weight excluding hydrogens is 260 g/mol. The van der Waals surface area contributed by atoms with Crippen molar-refractivity contribution in [1.29, 1.82) is 0 Å². The Labute approximate surface area is 127 Å². The summed E-state index contributed by atoms with van der Waals surface area (Å²) in [6, 6.07) is 4.64. The van der Waals surface area contributed by atoms with Crippen LogP contribution in [0.25, 0.3) is 0 Å². The molecule has 0 unspecified atom stereocenters. The zero-order valence-electron chi connectivity index (χ0n) is 13.6. The van der Waals surface area contributed by atoms with Crippen LogP contribution in [0.3, 0.4) is 0 Å². The van der Waals surface area contributed by atoms with Gasteiger partial charge in [-0.3, -0.25) is 4.79 Å². The maximum Gasteiger partial charge on any atom is 0.254 e. The van der Waals surface area contributed by atoms with Gasteiger partial charge in [-0.15, -0.1) is 0 Å². The Morgan fingerprint density at radius 3 is 2.38 bits per heavy atom. The SMILES string of the molecule is Cc1cc(C)c(C(=O)N2C[C@H]3CC[C@@H]2CN(C)C3)c(C)c1. The lowest BCUT2D eigenvalue weighted by atomic mass is 9.92. The van der Waals surface area contributed by atoms with Gasteiger partial charge in [0.05, 0.1) is 0 Å². The van der Waals surface area contributed by atoms with E-state index in [0.717, 1.165) is 42.7 Å². The largest absolute Gasteiger partial charge is 0.334 e. The fourth-order valence-electron chi connectivity index (χ4n) is 4.23. The summed E-state index contributed by atoms with van der Waals surface area (Å²) in [6.07, 6.45) is 2.43. The molecule has 0 radical (unpaired) electrons. The van der Waals surface area contributed by atoms with Crippen LogP contribution in [-0.2, 0) is 0 Å². The van der Waals surface area contributed by atoms with Crippen LogP contribution in [0, 0.1) is 26.7 Å². The highest BCUT2D eigenvalue weighted by Crippen LogP contribution is 2.30. The van der Waals surface area contributed by atoms with E-state index in [1.165, 1.54) is 12.0 Å². The van der Waals surface area contributed by atoms with Crippen LogP contribution in [0.2, 0.25) is 0 Å². The number of likely N-dealkylation sites (N-methyl/N-ethyl adjacent to an activating group) is 1. The summed E-state index contributed by atoms with van der Waals surface area (Å²) < 4.78 is 0. The smallest absolute Gasteiger partial charge is 0.254 e. The van der Waals surface area contributed by atoms with E-state index in [4.69, 9.17) is 0 Å². The van der Waals surface area contributed by atoms with Gasteiger partial charge < -0.3 is 9.80 Å². The second-order valence-electron chi connectivity index (χ2n) is 7.05. The molecule has 3 heterocycles. The van der Waals surface area contributed by atoms with E-state index in [-0.39, 0.29) is 5.91 Å². The molecular formula is C18H26N2O. The van der Waals surface area contributed by atoms with E-state index in [1.807, 2.05) is 0 Å². The fourth-order valence-corrected chi connectivity index (χ4v) is 4.23. The van der Waals surface area contributed by atoms with Crippen molar-refractivity contribution in [2.75, 3.05) is 26.7 Å². The van der Waals surface area contributed by atoms with Gasteiger partial charge in [-0.2, -0.15) is 0 Å². The van der Waals surface area contributed by atoms with Crippen molar-refractivity contribution in [3.63, 3.8) is 0 Å². The number of amides is 1. The lowest BCUT2D eigenvalue weighted by Crippen LogP contribution is -2.47. The third kappa shape index (κ3) is 2.71. The first-order valence-electron chi connectivity index (χ1n) is 8.03. The zero-order valence-corrected chi connectivity index (χ0v) is 13.6. The van der Waals surface area contributed by atoms with E-state index in [2.05, 4.69) is 49.8 Å². The summed E-state index contributed by atoms with van der Waals surface area (Å²) in [5.74, 6) is 0.888. The first-order valence-corrected chi connectivity index (χ1v) is 8.03.